The Balaban J connectivity index is 1.71. The van der Waals surface area contributed by atoms with E-state index >= 15 is 0 Å². The minimum absolute atomic E-state index is 0.00437. The summed E-state index contributed by atoms with van der Waals surface area (Å²) in [5.74, 6) is 0. The standard InChI is InChI=1S/C29H33N5O8S2/c1-24-21-31(43(39,40)28-15-7-5-13-26(28)33(35)36)19-9-17-30(23-25-11-3-2-4-12-25)18-10-20-32(22-24)44(41,42)29-16-8-6-14-27(29)34(37)38/h2-8,11-16H,1,9-10,17-23H2. The molecule has 15 heteroatoms. The molecule has 0 aromatic heterocycles. The number of hydrogen-bond donors (Lipinski definition) is 0. The predicted molar refractivity (Wildman–Crippen MR) is 164 cm³/mol. The van der Waals surface area contributed by atoms with E-state index in [2.05, 4.69) is 11.5 Å². The maximum absolute atomic E-state index is 13.8. The van der Waals surface area contributed by atoms with E-state index in [1.807, 2.05) is 30.3 Å². The molecule has 1 fully saturated rings. The van der Waals surface area contributed by atoms with Crippen molar-refractivity contribution >= 4 is 31.4 Å². The smallest absolute Gasteiger partial charge is 0.289 e. The minimum Gasteiger partial charge on any atom is -0.299 e. The second-order valence-electron chi connectivity index (χ2n) is 10.3. The maximum atomic E-state index is 13.8. The van der Waals surface area contributed by atoms with Crippen molar-refractivity contribution in [3.8, 4) is 0 Å². The third kappa shape index (κ3) is 7.73. The summed E-state index contributed by atoms with van der Waals surface area (Å²) in [4.78, 5) is 23.0. The van der Waals surface area contributed by atoms with E-state index in [4.69, 9.17) is 0 Å². The molecule has 0 atom stereocenters. The Hall–Kier alpha value is -4.02. The van der Waals surface area contributed by atoms with Gasteiger partial charge in [-0.05, 0) is 49.2 Å². The van der Waals surface area contributed by atoms with Crippen molar-refractivity contribution < 1.29 is 26.7 Å². The Morgan fingerprint density at radius 3 is 1.48 bits per heavy atom. The molecule has 0 aliphatic carbocycles. The first-order valence-corrected chi connectivity index (χ1v) is 16.7. The van der Waals surface area contributed by atoms with Gasteiger partial charge >= 0.3 is 0 Å². The van der Waals surface area contributed by atoms with Crippen LogP contribution in [-0.2, 0) is 26.6 Å². The van der Waals surface area contributed by atoms with E-state index in [-0.39, 0.29) is 31.8 Å². The van der Waals surface area contributed by atoms with Crippen molar-refractivity contribution in [1.29, 1.82) is 0 Å². The lowest BCUT2D eigenvalue weighted by molar-refractivity contribution is -0.388. The third-order valence-electron chi connectivity index (χ3n) is 7.17. The molecule has 4 rings (SSSR count). The van der Waals surface area contributed by atoms with Crippen molar-refractivity contribution in [3.63, 3.8) is 0 Å². The van der Waals surface area contributed by atoms with Crippen molar-refractivity contribution in [3.05, 3.63) is 117 Å². The molecule has 1 aliphatic heterocycles. The zero-order valence-electron chi connectivity index (χ0n) is 23.9. The number of hydrogen-bond acceptors (Lipinski definition) is 9. The van der Waals surface area contributed by atoms with Crippen molar-refractivity contribution in [2.45, 2.75) is 29.2 Å². The van der Waals surface area contributed by atoms with E-state index in [1.54, 1.807) is 0 Å². The lowest BCUT2D eigenvalue weighted by atomic mass is 10.2. The largest absolute Gasteiger partial charge is 0.299 e. The molecule has 1 heterocycles. The van der Waals surface area contributed by atoms with Crippen LogP contribution in [0.15, 0.2) is 101 Å². The van der Waals surface area contributed by atoms with Gasteiger partial charge in [0.25, 0.3) is 11.4 Å². The summed E-state index contributed by atoms with van der Waals surface area (Å²) in [5.41, 5.74) is 0.0730. The average Bonchev–Trinajstić information content (AvgIpc) is 2.99. The van der Waals surface area contributed by atoms with Crippen LogP contribution in [0.3, 0.4) is 0 Å². The first-order valence-electron chi connectivity index (χ1n) is 13.8. The molecule has 13 nitrogen and oxygen atoms in total. The quantitative estimate of drug-likeness (QED) is 0.200. The highest BCUT2D eigenvalue weighted by atomic mass is 32.2. The summed E-state index contributed by atoms with van der Waals surface area (Å²) < 4.78 is 57.5. The number of benzene rings is 3. The summed E-state index contributed by atoms with van der Waals surface area (Å²) >= 11 is 0. The van der Waals surface area contributed by atoms with Gasteiger partial charge in [-0.25, -0.2) is 16.8 Å². The fraction of sp³-hybridized carbons (Fsp3) is 0.310. The summed E-state index contributed by atoms with van der Waals surface area (Å²) in [5, 5.41) is 23.4. The third-order valence-corrected chi connectivity index (χ3v) is 11.0. The first-order chi connectivity index (χ1) is 20.9. The number of para-hydroxylation sites is 2. The highest BCUT2D eigenvalue weighted by Crippen LogP contribution is 2.29. The van der Waals surface area contributed by atoms with Gasteiger partial charge in [-0.1, -0.05) is 61.2 Å². The number of nitro groups is 2. The zero-order chi connectivity index (χ0) is 31.9. The number of nitro benzene ring substituents is 2. The van der Waals surface area contributed by atoms with E-state index in [0.717, 1.165) is 26.3 Å². The van der Waals surface area contributed by atoms with Crippen LogP contribution in [0.2, 0.25) is 0 Å². The Kier molecular flexibility index (Phi) is 10.6. The van der Waals surface area contributed by atoms with Crippen LogP contribution >= 0.6 is 0 Å². The van der Waals surface area contributed by atoms with Gasteiger partial charge in [0.05, 0.1) is 9.85 Å². The van der Waals surface area contributed by atoms with Crippen molar-refractivity contribution in [1.82, 2.24) is 13.5 Å². The number of sulfonamides is 2. The summed E-state index contributed by atoms with van der Waals surface area (Å²) in [6, 6.07) is 19.7. The van der Waals surface area contributed by atoms with Gasteiger partial charge in [-0.15, -0.1) is 0 Å². The molecule has 0 radical (unpaired) electrons. The summed E-state index contributed by atoms with van der Waals surface area (Å²) in [6.45, 7) is 4.77. The fourth-order valence-electron chi connectivity index (χ4n) is 5.10. The van der Waals surface area contributed by atoms with Crippen LogP contribution in [0.25, 0.3) is 0 Å². The van der Waals surface area contributed by atoms with Gasteiger partial charge < -0.3 is 0 Å². The molecule has 0 spiro atoms. The molecular formula is C29H33N5O8S2. The van der Waals surface area contributed by atoms with Crippen LogP contribution < -0.4 is 0 Å². The van der Waals surface area contributed by atoms with Crippen LogP contribution in [0.5, 0.6) is 0 Å². The van der Waals surface area contributed by atoms with Crippen LogP contribution in [0.1, 0.15) is 18.4 Å². The first kappa shape index (κ1) is 32.9. The molecular weight excluding hydrogens is 610 g/mol. The van der Waals surface area contributed by atoms with Crippen LogP contribution in [-0.4, -0.2) is 79.5 Å². The second-order valence-corrected chi connectivity index (χ2v) is 14.2. The normalized spacial score (nSPS) is 17.0. The Bertz CT molecular complexity index is 1630. The number of nitrogens with zero attached hydrogens (tertiary/aromatic N) is 5. The molecule has 0 bridgehead atoms. The lowest BCUT2D eigenvalue weighted by Crippen LogP contribution is -2.41. The van der Waals surface area contributed by atoms with Gasteiger partial charge in [0.15, 0.2) is 9.79 Å². The van der Waals surface area contributed by atoms with Crippen molar-refractivity contribution in [2.75, 3.05) is 39.3 Å². The average molecular weight is 644 g/mol. The molecule has 0 amide bonds. The van der Waals surface area contributed by atoms with Gasteiger partial charge in [0.1, 0.15) is 0 Å². The highest BCUT2D eigenvalue weighted by Gasteiger charge is 2.35. The van der Waals surface area contributed by atoms with Gasteiger partial charge in [-0.2, -0.15) is 8.61 Å². The van der Waals surface area contributed by atoms with Gasteiger partial charge in [0, 0.05) is 44.9 Å². The molecule has 0 saturated carbocycles. The zero-order valence-corrected chi connectivity index (χ0v) is 25.5. The Morgan fingerprint density at radius 1 is 0.636 bits per heavy atom. The molecule has 0 unspecified atom stereocenters. The summed E-state index contributed by atoms with van der Waals surface area (Å²) in [7, 11) is -8.81. The SMILES string of the molecule is C=C1CN(S(=O)(=O)c2ccccc2[N+](=O)[O-])CCCN(Cc2ccccc2)CCCN(S(=O)(=O)c2ccccc2[N+](=O)[O-])C1. The Labute approximate surface area is 256 Å². The maximum Gasteiger partial charge on any atom is 0.289 e. The van der Waals surface area contributed by atoms with E-state index < -0.39 is 51.1 Å². The molecule has 3 aromatic rings. The number of rotatable bonds is 8. The topological polar surface area (TPSA) is 164 Å². The predicted octanol–water partition coefficient (Wildman–Crippen LogP) is 4.04. The molecule has 44 heavy (non-hydrogen) atoms. The molecule has 234 valence electrons. The molecule has 3 aromatic carbocycles. The van der Waals surface area contributed by atoms with Gasteiger partial charge in [-0.3, -0.25) is 25.1 Å². The second kappa shape index (κ2) is 14.2. The molecule has 1 saturated heterocycles. The van der Waals surface area contributed by atoms with E-state index in [0.29, 0.717) is 32.5 Å². The van der Waals surface area contributed by atoms with E-state index in [1.165, 1.54) is 36.4 Å². The van der Waals surface area contributed by atoms with Crippen LogP contribution in [0, 0.1) is 20.2 Å². The highest BCUT2D eigenvalue weighted by molar-refractivity contribution is 7.89. The van der Waals surface area contributed by atoms with Crippen LogP contribution in [0.4, 0.5) is 11.4 Å². The monoisotopic (exact) mass is 643 g/mol. The lowest BCUT2D eigenvalue weighted by Gasteiger charge is -2.30. The molecule has 0 N–H and O–H groups in total. The van der Waals surface area contributed by atoms with Gasteiger partial charge in [0.2, 0.25) is 20.0 Å². The Morgan fingerprint density at radius 2 is 1.05 bits per heavy atom. The molecule has 1 aliphatic rings. The summed E-state index contributed by atoms with van der Waals surface area (Å²) in [6.07, 6.45) is 0.802. The van der Waals surface area contributed by atoms with E-state index in [9.17, 15) is 37.1 Å². The van der Waals surface area contributed by atoms with Crippen molar-refractivity contribution in [2.24, 2.45) is 0 Å². The minimum atomic E-state index is -4.40. The fourth-order valence-corrected chi connectivity index (χ4v) is 8.42.